The zero-order valence-electron chi connectivity index (χ0n) is 7.20. The highest BCUT2D eigenvalue weighted by Gasteiger charge is 2.67. The van der Waals surface area contributed by atoms with Gasteiger partial charge in [-0.15, -0.1) is 0 Å². The summed E-state index contributed by atoms with van der Waals surface area (Å²) in [7, 11) is 2.10. The maximum Gasteiger partial charge on any atom is 0.0194 e. The molecule has 0 radical (unpaired) electrons. The van der Waals surface area contributed by atoms with Crippen molar-refractivity contribution in [2.45, 2.75) is 38.6 Å². The largest absolute Gasteiger partial charge is 0.314 e. The Balaban J connectivity index is 1.98. The average molecular weight is 139 g/mol. The Labute approximate surface area is 63.2 Å². The van der Waals surface area contributed by atoms with E-state index in [2.05, 4.69) is 26.2 Å². The molecule has 2 bridgehead atoms. The van der Waals surface area contributed by atoms with Crippen LogP contribution in [0.2, 0.25) is 0 Å². The summed E-state index contributed by atoms with van der Waals surface area (Å²) in [5.41, 5.74) is 1.37. The van der Waals surface area contributed by atoms with Crippen molar-refractivity contribution in [2.24, 2.45) is 11.3 Å². The molecule has 3 fully saturated rings. The van der Waals surface area contributed by atoms with Gasteiger partial charge < -0.3 is 5.32 Å². The lowest BCUT2D eigenvalue weighted by molar-refractivity contribution is -0.180. The van der Waals surface area contributed by atoms with Gasteiger partial charge in [-0.05, 0) is 37.6 Å². The van der Waals surface area contributed by atoms with Crippen molar-refractivity contribution in [1.82, 2.24) is 5.32 Å². The minimum Gasteiger partial charge on any atom is -0.314 e. The normalized spacial score (nSPS) is 50.4. The monoisotopic (exact) mass is 139 g/mol. The summed E-state index contributed by atoms with van der Waals surface area (Å²) >= 11 is 0. The highest BCUT2D eigenvalue weighted by atomic mass is 15.0. The number of hydrogen-bond donors (Lipinski definition) is 1. The maximum absolute atomic E-state index is 3.42. The molecule has 0 aromatic rings. The number of nitrogens with one attached hydrogen (secondary N) is 1. The Hall–Kier alpha value is -0.0400. The molecule has 0 unspecified atom stereocenters. The van der Waals surface area contributed by atoms with E-state index in [0.29, 0.717) is 5.54 Å². The van der Waals surface area contributed by atoms with Crippen molar-refractivity contribution in [3.05, 3.63) is 0 Å². The summed E-state index contributed by atoms with van der Waals surface area (Å²) in [5, 5.41) is 3.42. The van der Waals surface area contributed by atoms with Crippen LogP contribution in [0.1, 0.15) is 33.1 Å². The third-order valence-electron chi connectivity index (χ3n) is 3.83. The highest BCUT2D eigenvalue weighted by molar-refractivity contribution is 5.23. The van der Waals surface area contributed by atoms with Crippen LogP contribution in [-0.2, 0) is 0 Å². The highest BCUT2D eigenvalue weighted by Crippen LogP contribution is 2.70. The van der Waals surface area contributed by atoms with Crippen molar-refractivity contribution in [3.8, 4) is 0 Å². The first-order chi connectivity index (χ1) is 4.63. The molecule has 0 aliphatic heterocycles. The van der Waals surface area contributed by atoms with E-state index in [9.17, 15) is 0 Å². The maximum atomic E-state index is 3.42. The predicted octanol–water partition coefficient (Wildman–Crippen LogP) is 1.78. The topological polar surface area (TPSA) is 12.0 Å². The van der Waals surface area contributed by atoms with Crippen LogP contribution in [0.5, 0.6) is 0 Å². The third kappa shape index (κ3) is 0.531. The average Bonchev–Trinajstić information content (AvgIpc) is 1.57. The van der Waals surface area contributed by atoms with Gasteiger partial charge in [-0.1, -0.05) is 13.8 Å². The first-order valence-electron chi connectivity index (χ1n) is 4.31. The van der Waals surface area contributed by atoms with Crippen LogP contribution in [0.25, 0.3) is 0 Å². The molecule has 58 valence electrons. The summed E-state index contributed by atoms with van der Waals surface area (Å²) in [5.74, 6) is 0.905. The van der Waals surface area contributed by atoms with Crippen LogP contribution in [0.3, 0.4) is 0 Å². The molecule has 0 aromatic carbocycles. The molecule has 0 amide bonds. The van der Waals surface area contributed by atoms with E-state index >= 15 is 0 Å². The van der Waals surface area contributed by atoms with Crippen LogP contribution in [0.4, 0.5) is 0 Å². The first kappa shape index (κ1) is 6.66. The quantitative estimate of drug-likeness (QED) is 0.615. The van der Waals surface area contributed by atoms with Crippen molar-refractivity contribution < 1.29 is 0 Å². The SMILES string of the molecule is CNC12CC(C(C)C)(C1)C2. The Morgan fingerprint density at radius 2 is 1.70 bits per heavy atom. The van der Waals surface area contributed by atoms with Gasteiger partial charge in [-0.25, -0.2) is 0 Å². The molecule has 0 heterocycles. The summed E-state index contributed by atoms with van der Waals surface area (Å²) in [6.45, 7) is 4.72. The third-order valence-corrected chi connectivity index (χ3v) is 3.83. The van der Waals surface area contributed by atoms with Gasteiger partial charge in [0.25, 0.3) is 0 Å². The predicted molar refractivity (Wildman–Crippen MR) is 42.9 cm³/mol. The fourth-order valence-corrected chi connectivity index (χ4v) is 2.74. The summed E-state index contributed by atoms with van der Waals surface area (Å²) in [4.78, 5) is 0. The molecule has 1 N–H and O–H groups in total. The molecular formula is C9H17N. The Morgan fingerprint density at radius 3 is 2.00 bits per heavy atom. The minimum atomic E-state index is 0.601. The fourth-order valence-electron chi connectivity index (χ4n) is 2.74. The van der Waals surface area contributed by atoms with E-state index in [1.165, 1.54) is 19.3 Å². The minimum absolute atomic E-state index is 0.601. The molecule has 0 saturated heterocycles. The van der Waals surface area contributed by atoms with Crippen LogP contribution in [0, 0.1) is 11.3 Å². The summed E-state index contributed by atoms with van der Waals surface area (Å²) in [6, 6.07) is 0. The molecule has 3 aliphatic carbocycles. The molecule has 3 saturated carbocycles. The van der Waals surface area contributed by atoms with Crippen LogP contribution < -0.4 is 5.32 Å². The van der Waals surface area contributed by atoms with E-state index in [1.54, 1.807) is 0 Å². The second kappa shape index (κ2) is 1.58. The van der Waals surface area contributed by atoms with E-state index in [-0.39, 0.29) is 0 Å². The number of rotatable bonds is 2. The van der Waals surface area contributed by atoms with Crippen LogP contribution in [-0.4, -0.2) is 12.6 Å². The lowest BCUT2D eigenvalue weighted by Crippen LogP contribution is -2.74. The molecule has 1 nitrogen and oxygen atoms in total. The van der Waals surface area contributed by atoms with Gasteiger partial charge in [0.15, 0.2) is 0 Å². The lowest BCUT2D eigenvalue weighted by Gasteiger charge is -2.73. The number of hydrogen-bond acceptors (Lipinski definition) is 1. The van der Waals surface area contributed by atoms with Crippen molar-refractivity contribution in [1.29, 1.82) is 0 Å². The first-order valence-corrected chi connectivity index (χ1v) is 4.31. The fraction of sp³-hybridized carbons (Fsp3) is 1.00. The Morgan fingerprint density at radius 1 is 1.20 bits per heavy atom. The van der Waals surface area contributed by atoms with E-state index in [0.717, 1.165) is 11.3 Å². The second-order valence-electron chi connectivity index (χ2n) is 4.58. The second-order valence-corrected chi connectivity index (χ2v) is 4.58. The van der Waals surface area contributed by atoms with Crippen molar-refractivity contribution in [2.75, 3.05) is 7.05 Å². The smallest absolute Gasteiger partial charge is 0.0194 e. The van der Waals surface area contributed by atoms with Gasteiger partial charge in [-0.3, -0.25) is 0 Å². The van der Waals surface area contributed by atoms with E-state index in [1.807, 2.05) is 0 Å². The standard InChI is InChI=1S/C9H17N/c1-7(2)8-4-9(5-8,6-8)10-3/h7,10H,4-6H2,1-3H3. The molecule has 0 spiro atoms. The van der Waals surface area contributed by atoms with Crippen LogP contribution >= 0.6 is 0 Å². The van der Waals surface area contributed by atoms with Crippen LogP contribution in [0.15, 0.2) is 0 Å². The van der Waals surface area contributed by atoms with Gasteiger partial charge in [-0.2, -0.15) is 0 Å². The zero-order chi connectivity index (χ0) is 7.41. The molecular weight excluding hydrogens is 122 g/mol. The molecule has 3 rings (SSSR count). The van der Waals surface area contributed by atoms with Gasteiger partial charge in [0.1, 0.15) is 0 Å². The summed E-state index contributed by atoms with van der Waals surface area (Å²) < 4.78 is 0. The van der Waals surface area contributed by atoms with E-state index < -0.39 is 0 Å². The summed E-state index contributed by atoms with van der Waals surface area (Å²) in [6.07, 6.45) is 4.32. The molecule has 10 heavy (non-hydrogen) atoms. The molecule has 0 aromatic heterocycles. The van der Waals surface area contributed by atoms with Gasteiger partial charge in [0, 0.05) is 5.54 Å². The van der Waals surface area contributed by atoms with Crippen molar-refractivity contribution in [3.63, 3.8) is 0 Å². The Kier molecular flexibility index (Phi) is 1.05. The lowest BCUT2D eigenvalue weighted by atomic mass is 9.36. The van der Waals surface area contributed by atoms with Gasteiger partial charge in [0.2, 0.25) is 0 Å². The van der Waals surface area contributed by atoms with Gasteiger partial charge in [0.05, 0.1) is 0 Å². The van der Waals surface area contributed by atoms with E-state index in [4.69, 9.17) is 0 Å². The Bertz CT molecular complexity index is 140. The van der Waals surface area contributed by atoms with Crippen molar-refractivity contribution >= 4 is 0 Å². The molecule has 3 aliphatic rings. The molecule has 1 heteroatoms. The van der Waals surface area contributed by atoms with Gasteiger partial charge >= 0.3 is 0 Å². The zero-order valence-corrected chi connectivity index (χ0v) is 7.20. The molecule has 0 atom stereocenters.